The van der Waals surface area contributed by atoms with Gasteiger partial charge in [-0.05, 0) is 48.4 Å². The molecule has 0 fully saturated rings. The van der Waals surface area contributed by atoms with Crippen molar-refractivity contribution >= 4 is 24.6 Å². The molecule has 0 bridgehead atoms. The number of nitrogens with zero attached hydrogens (tertiary/aromatic N) is 2. The summed E-state index contributed by atoms with van der Waals surface area (Å²) in [7, 11) is -0.436. The van der Waals surface area contributed by atoms with Gasteiger partial charge in [-0.2, -0.15) is 18.4 Å². The molecule has 8 nitrogen and oxygen atoms in total. The van der Waals surface area contributed by atoms with E-state index in [0.717, 1.165) is 0 Å². The number of nitriles is 1. The highest BCUT2D eigenvalue weighted by atomic mass is 19.4. The molecular formula is C27H34BF3N4O4. The Morgan fingerprint density at radius 2 is 1.69 bits per heavy atom. The van der Waals surface area contributed by atoms with Gasteiger partial charge < -0.3 is 20.3 Å². The Bertz CT molecular complexity index is 1130. The Morgan fingerprint density at radius 1 is 1.05 bits per heavy atom. The normalized spacial score (nSPS) is 13.7. The Hall–Kier alpha value is -3.40. The lowest BCUT2D eigenvalue weighted by Crippen LogP contribution is -2.55. The molecule has 39 heavy (non-hydrogen) atoms. The van der Waals surface area contributed by atoms with Crippen LogP contribution in [0.2, 0.25) is 0 Å². The van der Waals surface area contributed by atoms with Gasteiger partial charge in [0.2, 0.25) is 11.8 Å². The van der Waals surface area contributed by atoms with Crippen LogP contribution in [0, 0.1) is 23.2 Å². The van der Waals surface area contributed by atoms with Crippen molar-refractivity contribution in [1.29, 1.82) is 5.26 Å². The summed E-state index contributed by atoms with van der Waals surface area (Å²) in [6, 6.07) is 15.8. The lowest BCUT2D eigenvalue weighted by Gasteiger charge is -2.25. The smallest absolute Gasteiger partial charge is 0.426 e. The third-order valence-electron chi connectivity index (χ3n) is 6.08. The fourth-order valence-electron chi connectivity index (χ4n) is 4.05. The van der Waals surface area contributed by atoms with Gasteiger partial charge in [-0.15, -0.1) is 0 Å². The topological polar surface area (TPSA) is 126 Å². The quantitative estimate of drug-likeness (QED) is 0.287. The molecule has 0 saturated carbocycles. The summed E-state index contributed by atoms with van der Waals surface area (Å²) in [5.74, 6) is -3.13. The number of carbonyl (C=O) groups excluding carboxylic acids is 2. The van der Waals surface area contributed by atoms with Crippen molar-refractivity contribution in [2.75, 3.05) is 18.5 Å². The molecule has 2 aromatic rings. The van der Waals surface area contributed by atoms with E-state index in [4.69, 9.17) is 0 Å². The number of hydrogen-bond donors (Lipinski definition) is 4. The number of alkyl halides is 3. The number of amides is 2. The Morgan fingerprint density at radius 3 is 2.26 bits per heavy atom. The van der Waals surface area contributed by atoms with Crippen LogP contribution in [0.15, 0.2) is 54.6 Å². The van der Waals surface area contributed by atoms with E-state index in [0.29, 0.717) is 23.2 Å². The summed E-state index contributed by atoms with van der Waals surface area (Å²) in [6.45, 7) is 2.36. The minimum atomic E-state index is -4.59. The van der Waals surface area contributed by atoms with Crippen LogP contribution in [-0.4, -0.2) is 60.7 Å². The highest BCUT2D eigenvalue weighted by Crippen LogP contribution is 2.21. The van der Waals surface area contributed by atoms with Crippen molar-refractivity contribution in [2.45, 2.75) is 51.3 Å². The summed E-state index contributed by atoms with van der Waals surface area (Å²) < 4.78 is 39.0. The van der Waals surface area contributed by atoms with E-state index < -0.39 is 49.6 Å². The summed E-state index contributed by atoms with van der Waals surface area (Å²) >= 11 is 0. The summed E-state index contributed by atoms with van der Waals surface area (Å²) in [4.78, 5) is 27.2. The maximum Gasteiger partial charge on any atom is 0.475 e. The van der Waals surface area contributed by atoms with Crippen LogP contribution in [0.5, 0.6) is 0 Å². The van der Waals surface area contributed by atoms with Crippen LogP contribution in [0.3, 0.4) is 0 Å². The molecular weight excluding hydrogens is 512 g/mol. The van der Waals surface area contributed by atoms with Gasteiger partial charge in [0.1, 0.15) is 5.92 Å². The molecule has 0 aromatic heterocycles. The van der Waals surface area contributed by atoms with Crippen molar-refractivity contribution in [3.63, 3.8) is 0 Å². The van der Waals surface area contributed by atoms with Crippen molar-refractivity contribution in [3.8, 4) is 6.07 Å². The number of carbonyl (C=O) groups is 2. The minimum absolute atomic E-state index is 0.0507. The molecule has 0 saturated heterocycles. The number of nitrogens with one attached hydrogen (secondary N) is 2. The zero-order valence-electron chi connectivity index (χ0n) is 22.2. The fourth-order valence-corrected chi connectivity index (χ4v) is 4.05. The van der Waals surface area contributed by atoms with Crippen LogP contribution < -0.4 is 15.5 Å². The van der Waals surface area contributed by atoms with Gasteiger partial charge in [-0.1, -0.05) is 56.3 Å². The highest BCUT2D eigenvalue weighted by molar-refractivity contribution is 6.43. The maximum atomic E-state index is 13.1. The highest BCUT2D eigenvalue weighted by Gasteiger charge is 2.33. The van der Waals surface area contributed by atoms with E-state index in [-0.39, 0.29) is 18.8 Å². The number of halogens is 3. The van der Waals surface area contributed by atoms with E-state index in [1.54, 1.807) is 54.6 Å². The number of benzene rings is 2. The van der Waals surface area contributed by atoms with Gasteiger partial charge in [0.15, 0.2) is 0 Å². The zero-order chi connectivity index (χ0) is 29.2. The lowest BCUT2D eigenvalue weighted by atomic mass is 9.75. The van der Waals surface area contributed by atoms with Crippen LogP contribution in [-0.2, 0) is 22.4 Å². The minimum Gasteiger partial charge on any atom is -0.426 e. The molecule has 3 atom stereocenters. The van der Waals surface area contributed by atoms with Crippen molar-refractivity contribution in [1.82, 2.24) is 10.6 Å². The molecule has 2 amide bonds. The monoisotopic (exact) mass is 546 g/mol. The van der Waals surface area contributed by atoms with Gasteiger partial charge in [-0.25, -0.2) is 0 Å². The van der Waals surface area contributed by atoms with Crippen LogP contribution in [0.4, 0.5) is 18.9 Å². The first kappa shape index (κ1) is 31.8. The molecule has 0 aliphatic heterocycles. The molecule has 1 unspecified atom stereocenters. The zero-order valence-corrected chi connectivity index (χ0v) is 22.2. The molecule has 0 heterocycles. The second-order valence-corrected chi connectivity index (χ2v) is 9.85. The molecule has 0 aliphatic rings. The average Bonchev–Trinajstić information content (AvgIpc) is 2.88. The first-order valence-corrected chi connectivity index (χ1v) is 12.6. The van der Waals surface area contributed by atoms with E-state index in [1.165, 1.54) is 11.9 Å². The molecule has 4 N–H and O–H groups in total. The fraction of sp³-hybridized carbons (Fsp3) is 0.444. The summed E-state index contributed by atoms with van der Waals surface area (Å²) in [5, 5.41) is 33.7. The van der Waals surface area contributed by atoms with Crippen LogP contribution >= 0.6 is 0 Å². The predicted octanol–water partition coefficient (Wildman–Crippen LogP) is 2.64. The van der Waals surface area contributed by atoms with Crippen molar-refractivity contribution in [2.24, 2.45) is 11.8 Å². The second-order valence-electron chi connectivity index (χ2n) is 9.85. The lowest BCUT2D eigenvalue weighted by molar-refractivity contribution is -0.132. The van der Waals surface area contributed by atoms with Gasteiger partial charge in [0.25, 0.3) is 0 Å². The predicted molar refractivity (Wildman–Crippen MR) is 142 cm³/mol. The largest absolute Gasteiger partial charge is 0.475 e. The number of anilines is 1. The molecule has 2 rings (SSSR count). The first-order valence-electron chi connectivity index (χ1n) is 12.6. The van der Waals surface area contributed by atoms with Gasteiger partial charge >= 0.3 is 13.3 Å². The molecule has 0 radical (unpaired) electrons. The summed E-state index contributed by atoms with van der Waals surface area (Å²) in [5.41, 5.74) is 1.58. The Labute approximate surface area is 227 Å². The molecule has 0 spiro atoms. The standard InChI is InChI=1S/C27H34BF3N4O4/c1-18(2)12-21(16-32)26(37)35(3)22-11-7-10-20(13-22)14-23(33-17-27(29,30)31)25(36)34-24(28(38)39)15-19-8-5-4-6-9-19/h4-11,13,18,21,23-24,33,38-39H,12,14-15,17H2,1-3H3,(H,34,36)/t21?,23-,24-/m0/s1. The van der Waals surface area contributed by atoms with E-state index in [2.05, 4.69) is 10.6 Å². The molecule has 0 aliphatic carbocycles. The third kappa shape index (κ3) is 10.7. The van der Waals surface area contributed by atoms with Gasteiger partial charge in [-0.3, -0.25) is 14.9 Å². The molecule has 210 valence electrons. The van der Waals surface area contributed by atoms with Crippen LogP contribution in [0.25, 0.3) is 0 Å². The van der Waals surface area contributed by atoms with Gasteiger partial charge in [0.05, 0.1) is 24.6 Å². The molecule has 12 heteroatoms. The first-order chi connectivity index (χ1) is 18.3. The van der Waals surface area contributed by atoms with Crippen molar-refractivity contribution < 1.29 is 32.8 Å². The van der Waals surface area contributed by atoms with E-state index in [1.807, 2.05) is 19.9 Å². The Kier molecular flexibility index (Phi) is 12.0. The maximum absolute atomic E-state index is 13.1. The number of rotatable bonds is 13. The number of hydrogen-bond acceptors (Lipinski definition) is 6. The van der Waals surface area contributed by atoms with Crippen molar-refractivity contribution in [3.05, 3.63) is 65.7 Å². The summed E-state index contributed by atoms with van der Waals surface area (Å²) in [6.07, 6.45) is -4.33. The van der Waals surface area contributed by atoms with E-state index in [9.17, 15) is 38.1 Å². The van der Waals surface area contributed by atoms with Crippen LogP contribution in [0.1, 0.15) is 31.4 Å². The second kappa shape index (κ2) is 14.7. The third-order valence-corrected chi connectivity index (χ3v) is 6.08. The average molecular weight is 546 g/mol. The molecule has 2 aromatic carbocycles. The Balaban J connectivity index is 2.24. The van der Waals surface area contributed by atoms with E-state index >= 15 is 0 Å². The SMILES string of the molecule is CC(C)CC(C#N)C(=O)N(C)c1cccc(C[C@H](NCC(F)(F)F)C(=O)N[C@@H](Cc2ccccc2)B(O)O)c1. The van der Waals surface area contributed by atoms with Gasteiger partial charge in [0, 0.05) is 12.7 Å².